The number of carbonyl (C=O) groups is 1. The number of rotatable bonds is 4. The van der Waals surface area contributed by atoms with Crippen molar-refractivity contribution < 1.29 is 14.3 Å². The van der Waals surface area contributed by atoms with Crippen LogP contribution in [0.2, 0.25) is 0 Å². The summed E-state index contributed by atoms with van der Waals surface area (Å²) in [4.78, 5) is 14.2. The molecule has 2 unspecified atom stereocenters. The van der Waals surface area contributed by atoms with Crippen LogP contribution in [0.15, 0.2) is 0 Å². The molecule has 19 heavy (non-hydrogen) atoms. The third kappa shape index (κ3) is 4.75. The van der Waals surface area contributed by atoms with Crippen molar-refractivity contribution in [3.05, 3.63) is 0 Å². The van der Waals surface area contributed by atoms with Crippen molar-refractivity contribution >= 4 is 5.91 Å². The van der Waals surface area contributed by atoms with Crippen LogP contribution in [0.4, 0.5) is 0 Å². The minimum Gasteiger partial charge on any atom is -0.376 e. The maximum absolute atomic E-state index is 12.3. The SMILES string of the molecule is CC(OCC1CCCCO1)C(=O)N1CCCNCC1. The summed E-state index contributed by atoms with van der Waals surface area (Å²) < 4.78 is 11.3. The Kier molecular flexibility index (Phi) is 6.07. The zero-order valence-corrected chi connectivity index (χ0v) is 11.9. The first-order chi connectivity index (χ1) is 9.27. The fraction of sp³-hybridized carbons (Fsp3) is 0.929. The lowest BCUT2D eigenvalue weighted by molar-refractivity contribution is -0.145. The molecule has 2 saturated heterocycles. The Balaban J connectivity index is 1.71. The molecule has 1 N–H and O–H groups in total. The molecule has 2 rings (SSSR count). The number of hydrogen-bond donors (Lipinski definition) is 1. The summed E-state index contributed by atoms with van der Waals surface area (Å²) >= 11 is 0. The summed E-state index contributed by atoms with van der Waals surface area (Å²) in [7, 11) is 0. The highest BCUT2D eigenvalue weighted by Crippen LogP contribution is 2.14. The topological polar surface area (TPSA) is 50.8 Å². The molecule has 2 aliphatic heterocycles. The Hall–Kier alpha value is -0.650. The van der Waals surface area contributed by atoms with E-state index < -0.39 is 0 Å². The van der Waals surface area contributed by atoms with Crippen molar-refractivity contribution in [2.45, 2.75) is 44.8 Å². The van der Waals surface area contributed by atoms with Crippen LogP contribution in [0.5, 0.6) is 0 Å². The van der Waals surface area contributed by atoms with Crippen molar-refractivity contribution in [2.24, 2.45) is 0 Å². The molecule has 2 fully saturated rings. The van der Waals surface area contributed by atoms with Gasteiger partial charge in [-0.15, -0.1) is 0 Å². The molecule has 2 atom stereocenters. The van der Waals surface area contributed by atoms with Gasteiger partial charge in [0.25, 0.3) is 5.91 Å². The molecule has 5 nitrogen and oxygen atoms in total. The second-order valence-electron chi connectivity index (χ2n) is 5.39. The van der Waals surface area contributed by atoms with Crippen LogP contribution in [-0.4, -0.2) is 62.4 Å². The maximum Gasteiger partial charge on any atom is 0.251 e. The highest BCUT2D eigenvalue weighted by Gasteiger charge is 2.23. The van der Waals surface area contributed by atoms with E-state index in [9.17, 15) is 4.79 Å². The van der Waals surface area contributed by atoms with Crippen LogP contribution in [0.25, 0.3) is 0 Å². The van der Waals surface area contributed by atoms with E-state index in [4.69, 9.17) is 9.47 Å². The van der Waals surface area contributed by atoms with E-state index in [0.717, 1.165) is 52.0 Å². The van der Waals surface area contributed by atoms with Crippen molar-refractivity contribution in [1.82, 2.24) is 10.2 Å². The average molecular weight is 270 g/mol. The summed E-state index contributed by atoms with van der Waals surface area (Å²) in [5, 5.41) is 3.30. The summed E-state index contributed by atoms with van der Waals surface area (Å²) in [6.45, 7) is 6.71. The predicted molar refractivity (Wildman–Crippen MR) is 73.1 cm³/mol. The third-order valence-corrected chi connectivity index (χ3v) is 3.81. The zero-order chi connectivity index (χ0) is 13.5. The fourth-order valence-electron chi connectivity index (χ4n) is 2.59. The number of amides is 1. The molecule has 1 amide bonds. The Bertz CT molecular complexity index is 272. The van der Waals surface area contributed by atoms with E-state index in [2.05, 4.69) is 5.32 Å². The van der Waals surface area contributed by atoms with Crippen LogP contribution < -0.4 is 5.32 Å². The van der Waals surface area contributed by atoms with Gasteiger partial charge >= 0.3 is 0 Å². The van der Waals surface area contributed by atoms with E-state index in [1.165, 1.54) is 6.42 Å². The highest BCUT2D eigenvalue weighted by molar-refractivity contribution is 5.80. The molecule has 0 spiro atoms. The van der Waals surface area contributed by atoms with E-state index in [0.29, 0.717) is 6.61 Å². The predicted octanol–water partition coefficient (Wildman–Crippen LogP) is 0.783. The Labute approximate surface area is 115 Å². The number of ether oxygens (including phenoxy) is 2. The fourth-order valence-corrected chi connectivity index (χ4v) is 2.59. The number of carbonyl (C=O) groups excluding carboxylic acids is 1. The molecule has 0 aromatic heterocycles. The first kappa shape index (κ1) is 14.8. The quantitative estimate of drug-likeness (QED) is 0.820. The summed E-state index contributed by atoms with van der Waals surface area (Å²) in [5.41, 5.74) is 0. The molecule has 0 bridgehead atoms. The van der Waals surface area contributed by atoms with Crippen LogP contribution in [0.1, 0.15) is 32.6 Å². The lowest BCUT2D eigenvalue weighted by atomic mass is 10.1. The van der Waals surface area contributed by atoms with Crippen molar-refractivity contribution in [2.75, 3.05) is 39.4 Å². The number of nitrogens with one attached hydrogen (secondary N) is 1. The lowest BCUT2D eigenvalue weighted by Crippen LogP contribution is -2.42. The van der Waals surface area contributed by atoms with Gasteiger partial charge in [-0.1, -0.05) is 0 Å². The second-order valence-corrected chi connectivity index (χ2v) is 5.39. The molecule has 0 aliphatic carbocycles. The van der Waals surface area contributed by atoms with Crippen LogP contribution in [0, 0.1) is 0 Å². The molecule has 0 saturated carbocycles. The molecule has 0 radical (unpaired) electrons. The van der Waals surface area contributed by atoms with Gasteiger partial charge in [0.05, 0.1) is 12.7 Å². The summed E-state index contributed by atoms with van der Waals surface area (Å²) in [6.07, 6.45) is 4.23. The molecule has 5 heteroatoms. The Morgan fingerprint density at radius 2 is 2.26 bits per heavy atom. The van der Waals surface area contributed by atoms with Gasteiger partial charge in [0.1, 0.15) is 6.10 Å². The minimum atomic E-state index is -0.358. The highest BCUT2D eigenvalue weighted by atomic mass is 16.5. The minimum absolute atomic E-state index is 0.111. The molecule has 2 aliphatic rings. The van der Waals surface area contributed by atoms with Crippen molar-refractivity contribution in [3.63, 3.8) is 0 Å². The standard InChI is InChI=1S/C14H26N2O3/c1-12(19-11-13-5-2-3-10-18-13)14(17)16-8-4-6-15-7-9-16/h12-13,15H,2-11H2,1H3. The number of nitrogens with zero attached hydrogens (tertiary/aromatic N) is 1. The maximum atomic E-state index is 12.3. The Morgan fingerprint density at radius 1 is 1.37 bits per heavy atom. The molecular weight excluding hydrogens is 244 g/mol. The van der Waals surface area contributed by atoms with Crippen LogP contribution in [-0.2, 0) is 14.3 Å². The molecule has 0 aromatic carbocycles. The van der Waals surface area contributed by atoms with E-state index in [1.807, 2.05) is 11.8 Å². The van der Waals surface area contributed by atoms with Gasteiger partial charge in [-0.3, -0.25) is 4.79 Å². The van der Waals surface area contributed by atoms with E-state index in [1.54, 1.807) is 0 Å². The van der Waals surface area contributed by atoms with Gasteiger partial charge in [0.2, 0.25) is 0 Å². The van der Waals surface area contributed by atoms with Crippen molar-refractivity contribution in [1.29, 1.82) is 0 Å². The summed E-state index contributed by atoms with van der Waals surface area (Å²) in [6, 6.07) is 0. The van der Waals surface area contributed by atoms with Gasteiger partial charge in [-0.2, -0.15) is 0 Å². The van der Waals surface area contributed by atoms with Crippen LogP contribution in [0.3, 0.4) is 0 Å². The second kappa shape index (κ2) is 7.82. The van der Waals surface area contributed by atoms with Gasteiger partial charge in [0.15, 0.2) is 0 Å². The first-order valence-corrected chi connectivity index (χ1v) is 7.50. The van der Waals surface area contributed by atoms with E-state index >= 15 is 0 Å². The first-order valence-electron chi connectivity index (χ1n) is 7.50. The molecule has 2 heterocycles. The normalized spacial score (nSPS) is 26.8. The zero-order valence-electron chi connectivity index (χ0n) is 11.9. The van der Waals surface area contributed by atoms with Gasteiger partial charge < -0.3 is 19.7 Å². The third-order valence-electron chi connectivity index (χ3n) is 3.81. The smallest absolute Gasteiger partial charge is 0.251 e. The largest absolute Gasteiger partial charge is 0.376 e. The average Bonchev–Trinajstić information content (AvgIpc) is 2.74. The molecule has 110 valence electrons. The monoisotopic (exact) mass is 270 g/mol. The Morgan fingerprint density at radius 3 is 3.05 bits per heavy atom. The lowest BCUT2D eigenvalue weighted by Gasteiger charge is -2.27. The van der Waals surface area contributed by atoms with Gasteiger partial charge in [-0.05, 0) is 39.2 Å². The number of hydrogen-bond acceptors (Lipinski definition) is 4. The van der Waals surface area contributed by atoms with Gasteiger partial charge in [0, 0.05) is 26.2 Å². The van der Waals surface area contributed by atoms with Gasteiger partial charge in [-0.25, -0.2) is 0 Å². The molecule has 0 aromatic rings. The van der Waals surface area contributed by atoms with E-state index in [-0.39, 0.29) is 18.1 Å². The van der Waals surface area contributed by atoms with Crippen molar-refractivity contribution in [3.8, 4) is 0 Å². The van der Waals surface area contributed by atoms with Crippen LogP contribution >= 0.6 is 0 Å². The molecular formula is C14H26N2O3. The summed E-state index contributed by atoms with van der Waals surface area (Å²) in [5.74, 6) is 0.111.